The van der Waals surface area contributed by atoms with Crippen molar-refractivity contribution < 1.29 is 14.3 Å². The van der Waals surface area contributed by atoms with Crippen LogP contribution in [0.1, 0.15) is 32.4 Å². The highest BCUT2D eigenvalue weighted by Crippen LogP contribution is 2.26. The van der Waals surface area contributed by atoms with E-state index >= 15 is 0 Å². The average Bonchev–Trinajstić information content (AvgIpc) is 2.45. The molecule has 1 N–H and O–H groups in total. The van der Waals surface area contributed by atoms with Crippen LogP contribution in [0.5, 0.6) is 5.88 Å². The number of pyridine rings is 1. The Morgan fingerprint density at radius 1 is 1.50 bits per heavy atom. The second-order valence-electron chi connectivity index (χ2n) is 6.19. The monoisotopic (exact) mass is 327 g/mol. The number of amides is 1. The van der Waals surface area contributed by atoms with Crippen molar-refractivity contribution in [3.63, 3.8) is 0 Å². The highest BCUT2D eigenvalue weighted by atomic mass is 35.5. The van der Waals surface area contributed by atoms with Crippen LogP contribution in [0.15, 0.2) is 12.3 Å². The zero-order valence-electron chi connectivity index (χ0n) is 13.4. The fourth-order valence-electron chi connectivity index (χ4n) is 2.25. The molecule has 0 bridgehead atoms. The molecule has 0 radical (unpaired) electrons. The summed E-state index contributed by atoms with van der Waals surface area (Å²) in [6, 6.07) is 1.78. The van der Waals surface area contributed by atoms with Gasteiger partial charge in [-0.3, -0.25) is 0 Å². The molecule has 22 heavy (non-hydrogen) atoms. The Morgan fingerprint density at radius 2 is 2.23 bits per heavy atom. The van der Waals surface area contributed by atoms with E-state index in [-0.39, 0.29) is 12.1 Å². The Bertz CT molecular complexity index is 545. The minimum absolute atomic E-state index is 0.0304. The predicted octanol–water partition coefficient (Wildman–Crippen LogP) is 2.62. The molecular formula is C15H22ClN3O3. The van der Waals surface area contributed by atoms with Gasteiger partial charge in [-0.25, -0.2) is 9.78 Å². The van der Waals surface area contributed by atoms with E-state index in [1.165, 1.54) is 7.11 Å². The second kappa shape index (κ2) is 6.71. The van der Waals surface area contributed by atoms with Crippen molar-refractivity contribution in [3.8, 4) is 5.88 Å². The van der Waals surface area contributed by atoms with Gasteiger partial charge in [0, 0.05) is 25.8 Å². The molecule has 2 rings (SSSR count). The first kappa shape index (κ1) is 16.8. The number of aromatic nitrogens is 1. The molecule has 0 aromatic carbocycles. The number of hydrogen-bond donors (Lipinski definition) is 1. The molecule has 1 aromatic rings. The smallest absolute Gasteiger partial charge is 0.410 e. The SMILES string of the molecule is COc1ncc(C2CN(C(=O)OC(C)(C)C)CCN2)cc1Cl. The van der Waals surface area contributed by atoms with Crippen LogP contribution in [0, 0.1) is 0 Å². The summed E-state index contributed by atoms with van der Waals surface area (Å²) in [7, 11) is 1.52. The van der Waals surface area contributed by atoms with Crippen molar-refractivity contribution in [2.45, 2.75) is 32.4 Å². The van der Waals surface area contributed by atoms with Gasteiger partial charge in [0.05, 0.1) is 13.2 Å². The summed E-state index contributed by atoms with van der Waals surface area (Å²) >= 11 is 6.11. The van der Waals surface area contributed by atoms with Crippen LogP contribution in [0.4, 0.5) is 4.79 Å². The van der Waals surface area contributed by atoms with Crippen molar-refractivity contribution in [2.24, 2.45) is 0 Å². The van der Waals surface area contributed by atoms with Crippen molar-refractivity contribution in [1.82, 2.24) is 15.2 Å². The molecule has 1 atom stereocenters. The average molecular weight is 328 g/mol. The Hall–Kier alpha value is -1.53. The van der Waals surface area contributed by atoms with Crippen molar-refractivity contribution in [2.75, 3.05) is 26.7 Å². The molecule has 1 fully saturated rings. The fourth-order valence-corrected chi connectivity index (χ4v) is 2.50. The topological polar surface area (TPSA) is 63.7 Å². The summed E-state index contributed by atoms with van der Waals surface area (Å²) in [5, 5.41) is 3.81. The Kier molecular flexibility index (Phi) is 5.13. The Labute approximate surface area is 135 Å². The first-order valence-electron chi connectivity index (χ1n) is 7.21. The number of carbonyl (C=O) groups is 1. The predicted molar refractivity (Wildman–Crippen MR) is 84.3 cm³/mol. The van der Waals surface area contributed by atoms with Gasteiger partial charge in [-0.05, 0) is 32.4 Å². The van der Waals surface area contributed by atoms with Crippen molar-refractivity contribution in [3.05, 3.63) is 22.8 Å². The van der Waals surface area contributed by atoms with E-state index in [2.05, 4.69) is 10.3 Å². The van der Waals surface area contributed by atoms with Crippen LogP contribution in [0.2, 0.25) is 5.02 Å². The number of hydrogen-bond acceptors (Lipinski definition) is 5. The molecule has 0 spiro atoms. The second-order valence-corrected chi connectivity index (χ2v) is 6.60. The van der Waals surface area contributed by atoms with E-state index in [4.69, 9.17) is 21.1 Å². The molecule has 2 heterocycles. The molecule has 1 aliphatic heterocycles. The summed E-state index contributed by atoms with van der Waals surface area (Å²) in [5.41, 5.74) is 0.418. The van der Waals surface area contributed by atoms with E-state index in [9.17, 15) is 4.79 Å². The molecule has 1 amide bonds. The van der Waals surface area contributed by atoms with Gasteiger partial charge in [-0.15, -0.1) is 0 Å². The quantitative estimate of drug-likeness (QED) is 0.904. The summed E-state index contributed by atoms with van der Waals surface area (Å²) in [4.78, 5) is 18.0. The summed E-state index contributed by atoms with van der Waals surface area (Å²) in [5.74, 6) is 0.394. The van der Waals surface area contributed by atoms with Gasteiger partial charge in [-0.2, -0.15) is 0 Å². The number of methoxy groups -OCH3 is 1. The Morgan fingerprint density at radius 3 is 2.82 bits per heavy atom. The van der Waals surface area contributed by atoms with E-state index in [0.29, 0.717) is 30.5 Å². The van der Waals surface area contributed by atoms with Crippen molar-refractivity contribution >= 4 is 17.7 Å². The molecule has 0 saturated carbocycles. The van der Waals surface area contributed by atoms with Gasteiger partial charge in [0.25, 0.3) is 0 Å². The summed E-state index contributed by atoms with van der Waals surface area (Å²) in [6.45, 7) is 7.39. The van der Waals surface area contributed by atoms with Gasteiger partial charge >= 0.3 is 6.09 Å². The minimum atomic E-state index is -0.498. The molecule has 6 nitrogen and oxygen atoms in total. The lowest BCUT2D eigenvalue weighted by Gasteiger charge is -2.35. The normalized spacial score (nSPS) is 19.0. The molecule has 7 heteroatoms. The summed E-state index contributed by atoms with van der Waals surface area (Å²) in [6.07, 6.45) is 1.41. The number of carbonyl (C=O) groups excluding carboxylic acids is 1. The molecule has 1 aliphatic rings. The third-order valence-corrected chi connectivity index (χ3v) is 3.52. The molecule has 0 aliphatic carbocycles. The first-order valence-corrected chi connectivity index (χ1v) is 7.58. The van der Waals surface area contributed by atoms with Crippen LogP contribution in [0.3, 0.4) is 0 Å². The third kappa shape index (κ3) is 4.24. The van der Waals surface area contributed by atoms with Crippen LogP contribution in [-0.2, 0) is 4.74 Å². The van der Waals surface area contributed by atoms with Gasteiger partial charge in [0.15, 0.2) is 0 Å². The number of ether oxygens (including phenoxy) is 2. The van der Waals surface area contributed by atoms with Crippen molar-refractivity contribution in [1.29, 1.82) is 0 Å². The zero-order chi connectivity index (χ0) is 16.3. The van der Waals surface area contributed by atoms with Gasteiger partial charge in [0.1, 0.15) is 10.6 Å². The van der Waals surface area contributed by atoms with Gasteiger partial charge in [-0.1, -0.05) is 11.6 Å². The maximum absolute atomic E-state index is 12.2. The maximum Gasteiger partial charge on any atom is 0.410 e. The molecule has 1 saturated heterocycles. The number of nitrogens with zero attached hydrogens (tertiary/aromatic N) is 2. The lowest BCUT2D eigenvalue weighted by atomic mass is 10.1. The first-order chi connectivity index (χ1) is 10.3. The molecule has 1 aromatic heterocycles. The van der Waals surface area contributed by atoms with Gasteiger partial charge in [0.2, 0.25) is 5.88 Å². The Balaban J connectivity index is 2.07. The number of rotatable bonds is 2. The van der Waals surface area contributed by atoms with Gasteiger partial charge < -0.3 is 19.7 Å². The maximum atomic E-state index is 12.2. The summed E-state index contributed by atoms with van der Waals surface area (Å²) < 4.78 is 10.5. The lowest BCUT2D eigenvalue weighted by molar-refractivity contribution is 0.0195. The highest BCUT2D eigenvalue weighted by Gasteiger charge is 2.28. The van der Waals surface area contributed by atoms with E-state index < -0.39 is 5.60 Å². The van der Waals surface area contributed by atoms with Crippen LogP contribution >= 0.6 is 11.6 Å². The molecule has 1 unspecified atom stereocenters. The lowest BCUT2D eigenvalue weighted by Crippen LogP contribution is -2.49. The molecule has 122 valence electrons. The van der Waals surface area contributed by atoms with Crippen LogP contribution < -0.4 is 10.1 Å². The van der Waals surface area contributed by atoms with Crippen LogP contribution in [-0.4, -0.2) is 48.3 Å². The van der Waals surface area contributed by atoms with E-state index in [0.717, 1.165) is 5.56 Å². The molecular weight excluding hydrogens is 306 g/mol. The standard InChI is InChI=1S/C15H22ClN3O3/c1-15(2,3)22-14(20)19-6-5-17-12(9-19)10-7-11(16)13(21-4)18-8-10/h7-8,12,17H,5-6,9H2,1-4H3. The minimum Gasteiger partial charge on any atom is -0.480 e. The number of nitrogens with one attached hydrogen (secondary N) is 1. The zero-order valence-corrected chi connectivity index (χ0v) is 14.1. The highest BCUT2D eigenvalue weighted by molar-refractivity contribution is 6.31. The fraction of sp³-hybridized carbons (Fsp3) is 0.600. The van der Waals surface area contributed by atoms with E-state index in [1.54, 1.807) is 11.1 Å². The number of halogens is 1. The van der Waals surface area contributed by atoms with E-state index in [1.807, 2.05) is 26.8 Å². The largest absolute Gasteiger partial charge is 0.480 e. The third-order valence-electron chi connectivity index (χ3n) is 3.25. The number of piperazine rings is 1. The van der Waals surface area contributed by atoms with Crippen LogP contribution in [0.25, 0.3) is 0 Å².